The third-order valence-corrected chi connectivity index (χ3v) is 4.36. The van der Waals surface area contributed by atoms with Gasteiger partial charge in [0.05, 0.1) is 0 Å². The molecule has 110 valence electrons. The monoisotopic (exact) mass is 281 g/mol. The first-order chi connectivity index (χ1) is 10.3. The minimum absolute atomic E-state index is 0.819. The van der Waals surface area contributed by atoms with Crippen molar-refractivity contribution in [2.45, 2.75) is 32.7 Å². The lowest BCUT2D eigenvalue weighted by atomic mass is 9.90. The molecule has 0 unspecified atom stereocenters. The first-order valence-corrected chi connectivity index (χ1v) is 7.82. The fraction of sp³-hybridized carbons (Fsp3) is 0.444. The minimum atomic E-state index is 0.819. The molecule has 21 heavy (non-hydrogen) atoms. The Labute approximate surface area is 127 Å². The van der Waals surface area contributed by atoms with Crippen molar-refractivity contribution in [1.82, 2.24) is 14.9 Å². The molecule has 0 radical (unpaired) electrons. The molecule has 0 amide bonds. The highest BCUT2D eigenvalue weighted by atomic mass is 15.1. The Hall–Kier alpha value is -1.74. The van der Waals surface area contributed by atoms with Gasteiger partial charge in [-0.2, -0.15) is 0 Å². The second kappa shape index (κ2) is 6.81. The van der Waals surface area contributed by atoms with Crippen molar-refractivity contribution in [3.8, 4) is 0 Å². The summed E-state index contributed by atoms with van der Waals surface area (Å²) in [7, 11) is 0. The van der Waals surface area contributed by atoms with Gasteiger partial charge in [0, 0.05) is 30.8 Å². The molecule has 3 heteroatoms. The van der Waals surface area contributed by atoms with E-state index in [4.69, 9.17) is 0 Å². The number of nitrogens with zero attached hydrogens (tertiary/aromatic N) is 3. The summed E-state index contributed by atoms with van der Waals surface area (Å²) in [5.41, 5.74) is 3.84. The zero-order valence-electron chi connectivity index (χ0n) is 12.7. The molecule has 2 aromatic rings. The van der Waals surface area contributed by atoms with Gasteiger partial charge in [-0.05, 0) is 74.5 Å². The highest BCUT2D eigenvalue weighted by Crippen LogP contribution is 2.22. The van der Waals surface area contributed by atoms with Crippen molar-refractivity contribution in [1.29, 1.82) is 0 Å². The number of likely N-dealkylation sites (tertiary alicyclic amines) is 1. The standard InChI is InChI=1S/C18H23N3/c1-15-2-3-18(13-20-15)14-21-10-6-17(7-11-21)12-16-4-8-19-9-5-16/h2-5,8-9,13,17H,6-7,10-12,14H2,1H3. The maximum atomic E-state index is 4.38. The number of rotatable bonds is 4. The second-order valence-electron chi connectivity index (χ2n) is 6.09. The van der Waals surface area contributed by atoms with Crippen molar-refractivity contribution in [3.05, 3.63) is 59.7 Å². The molecular weight excluding hydrogens is 258 g/mol. The molecule has 3 rings (SSSR count). The molecule has 0 bridgehead atoms. The quantitative estimate of drug-likeness (QED) is 0.861. The zero-order valence-corrected chi connectivity index (χ0v) is 12.7. The lowest BCUT2D eigenvalue weighted by Gasteiger charge is -2.32. The van der Waals surface area contributed by atoms with E-state index in [0.29, 0.717) is 0 Å². The normalized spacial score (nSPS) is 17.0. The third kappa shape index (κ3) is 4.11. The highest BCUT2D eigenvalue weighted by Gasteiger charge is 2.19. The Morgan fingerprint density at radius 1 is 1.05 bits per heavy atom. The Balaban J connectivity index is 1.47. The predicted molar refractivity (Wildman–Crippen MR) is 84.9 cm³/mol. The van der Waals surface area contributed by atoms with Gasteiger partial charge in [-0.3, -0.25) is 14.9 Å². The molecule has 0 spiro atoms. The van der Waals surface area contributed by atoms with Crippen LogP contribution < -0.4 is 0 Å². The molecule has 3 heterocycles. The zero-order chi connectivity index (χ0) is 14.5. The van der Waals surface area contributed by atoms with Crippen molar-refractivity contribution in [3.63, 3.8) is 0 Å². The van der Waals surface area contributed by atoms with Gasteiger partial charge in [0.2, 0.25) is 0 Å². The van der Waals surface area contributed by atoms with Crippen LogP contribution in [0.15, 0.2) is 42.9 Å². The summed E-state index contributed by atoms with van der Waals surface area (Å²) in [6.07, 6.45) is 9.59. The highest BCUT2D eigenvalue weighted by molar-refractivity contribution is 5.13. The molecule has 1 saturated heterocycles. The van der Waals surface area contributed by atoms with E-state index in [1.165, 1.54) is 43.5 Å². The lowest BCUT2D eigenvalue weighted by molar-refractivity contribution is 0.177. The van der Waals surface area contributed by atoms with Gasteiger partial charge < -0.3 is 0 Å². The van der Waals surface area contributed by atoms with E-state index in [9.17, 15) is 0 Å². The van der Waals surface area contributed by atoms with Crippen molar-refractivity contribution >= 4 is 0 Å². The third-order valence-electron chi connectivity index (χ3n) is 4.36. The van der Waals surface area contributed by atoms with Crippen molar-refractivity contribution in [2.75, 3.05) is 13.1 Å². The summed E-state index contributed by atoms with van der Waals surface area (Å²) in [5.74, 6) is 0.819. The first-order valence-electron chi connectivity index (χ1n) is 7.82. The molecule has 0 aliphatic carbocycles. The van der Waals surface area contributed by atoms with Gasteiger partial charge in [-0.15, -0.1) is 0 Å². The molecule has 3 nitrogen and oxygen atoms in total. The molecule has 1 aliphatic heterocycles. The summed E-state index contributed by atoms with van der Waals surface area (Å²) in [5, 5.41) is 0. The van der Waals surface area contributed by atoms with E-state index >= 15 is 0 Å². The van der Waals surface area contributed by atoms with E-state index in [0.717, 1.165) is 18.2 Å². The topological polar surface area (TPSA) is 29.0 Å². The molecule has 0 N–H and O–H groups in total. The van der Waals surface area contributed by atoms with Gasteiger partial charge in [0.1, 0.15) is 0 Å². The largest absolute Gasteiger partial charge is 0.299 e. The summed E-state index contributed by atoms with van der Waals surface area (Å²) >= 11 is 0. The second-order valence-corrected chi connectivity index (χ2v) is 6.09. The number of pyridine rings is 2. The van der Waals surface area contributed by atoms with Crippen LogP contribution in [0.2, 0.25) is 0 Å². The number of hydrogen-bond acceptors (Lipinski definition) is 3. The smallest absolute Gasteiger partial charge is 0.0372 e. The summed E-state index contributed by atoms with van der Waals surface area (Å²) in [6, 6.07) is 8.59. The number of piperidine rings is 1. The van der Waals surface area contributed by atoms with E-state index in [1.807, 2.05) is 25.5 Å². The van der Waals surface area contributed by atoms with Crippen molar-refractivity contribution in [2.24, 2.45) is 5.92 Å². The first kappa shape index (κ1) is 14.2. The average molecular weight is 281 g/mol. The van der Waals surface area contributed by atoms with Crippen LogP contribution in [0.25, 0.3) is 0 Å². The van der Waals surface area contributed by atoms with E-state index in [-0.39, 0.29) is 0 Å². The molecule has 1 aliphatic rings. The number of aromatic nitrogens is 2. The van der Waals surface area contributed by atoms with E-state index < -0.39 is 0 Å². The predicted octanol–water partition coefficient (Wildman–Crippen LogP) is 3.24. The van der Waals surface area contributed by atoms with Crippen LogP contribution in [0.3, 0.4) is 0 Å². The lowest BCUT2D eigenvalue weighted by Crippen LogP contribution is -2.33. The number of aryl methyl sites for hydroxylation is 1. The average Bonchev–Trinajstić information content (AvgIpc) is 2.53. The van der Waals surface area contributed by atoms with Crippen LogP contribution in [0, 0.1) is 12.8 Å². The summed E-state index contributed by atoms with van der Waals surface area (Å²) < 4.78 is 0. The van der Waals surface area contributed by atoms with Gasteiger partial charge in [-0.25, -0.2) is 0 Å². The fourth-order valence-corrected chi connectivity index (χ4v) is 3.05. The minimum Gasteiger partial charge on any atom is -0.299 e. The van der Waals surface area contributed by atoms with Crippen LogP contribution in [0.1, 0.15) is 29.7 Å². The maximum Gasteiger partial charge on any atom is 0.0372 e. The van der Waals surface area contributed by atoms with Crippen LogP contribution in [0.5, 0.6) is 0 Å². The van der Waals surface area contributed by atoms with E-state index in [2.05, 4.69) is 39.1 Å². The van der Waals surface area contributed by atoms with Gasteiger partial charge >= 0.3 is 0 Å². The van der Waals surface area contributed by atoms with Gasteiger partial charge in [-0.1, -0.05) is 6.07 Å². The molecular formula is C18H23N3. The maximum absolute atomic E-state index is 4.38. The molecule has 0 saturated carbocycles. The van der Waals surface area contributed by atoms with Gasteiger partial charge in [0.25, 0.3) is 0 Å². The Bertz CT molecular complexity index is 542. The van der Waals surface area contributed by atoms with Crippen LogP contribution in [0.4, 0.5) is 0 Å². The Morgan fingerprint density at radius 3 is 2.48 bits per heavy atom. The molecule has 2 aromatic heterocycles. The fourth-order valence-electron chi connectivity index (χ4n) is 3.05. The molecule has 0 aromatic carbocycles. The Morgan fingerprint density at radius 2 is 1.81 bits per heavy atom. The summed E-state index contributed by atoms with van der Waals surface area (Å²) in [6.45, 7) is 5.47. The van der Waals surface area contributed by atoms with Gasteiger partial charge in [0.15, 0.2) is 0 Å². The number of hydrogen-bond donors (Lipinski definition) is 0. The molecule has 0 atom stereocenters. The van der Waals surface area contributed by atoms with Crippen LogP contribution in [-0.2, 0) is 13.0 Å². The molecule has 1 fully saturated rings. The SMILES string of the molecule is Cc1ccc(CN2CCC(Cc3ccncc3)CC2)cn1. The van der Waals surface area contributed by atoms with Crippen molar-refractivity contribution < 1.29 is 0 Å². The van der Waals surface area contributed by atoms with Crippen LogP contribution in [-0.4, -0.2) is 28.0 Å². The Kier molecular flexibility index (Phi) is 4.61. The van der Waals surface area contributed by atoms with E-state index in [1.54, 1.807) is 0 Å². The summed E-state index contributed by atoms with van der Waals surface area (Å²) in [4.78, 5) is 11.0. The van der Waals surface area contributed by atoms with Crippen LogP contribution >= 0.6 is 0 Å².